The van der Waals surface area contributed by atoms with Crippen molar-refractivity contribution in [2.45, 2.75) is 6.92 Å². The lowest BCUT2D eigenvalue weighted by Crippen LogP contribution is -2.17. The molecule has 0 saturated carbocycles. The number of ether oxygens (including phenoxy) is 3. The van der Waals surface area contributed by atoms with Crippen LogP contribution in [0.15, 0.2) is 41.3 Å². The monoisotopic (exact) mass is 435 g/mol. The van der Waals surface area contributed by atoms with E-state index in [4.69, 9.17) is 38.0 Å². The van der Waals surface area contributed by atoms with Gasteiger partial charge in [-0.2, -0.15) is 0 Å². The normalized spacial score (nSPS) is 14.9. The summed E-state index contributed by atoms with van der Waals surface area (Å²) >= 11 is 12.6. The van der Waals surface area contributed by atoms with Crippen LogP contribution in [0.5, 0.6) is 17.2 Å². The number of carbonyl (C=O) groups excluding carboxylic acids is 1. The number of aryl methyl sites for hydroxylation is 1. The quantitative estimate of drug-likeness (QED) is 0.389. The number of methoxy groups -OCH3 is 1. The Balaban J connectivity index is 1.68. The van der Waals surface area contributed by atoms with E-state index in [0.29, 0.717) is 44.5 Å². The molecule has 28 heavy (non-hydrogen) atoms. The first-order valence-corrected chi connectivity index (χ1v) is 10.0. The predicted octanol–water partition coefficient (Wildman–Crippen LogP) is 4.60. The lowest BCUT2D eigenvalue weighted by molar-refractivity contribution is -0.115. The Kier molecular flexibility index (Phi) is 6.83. The average Bonchev–Trinajstić information content (AvgIpc) is 2.98. The maximum absolute atomic E-state index is 11.8. The van der Waals surface area contributed by atoms with Crippen molar-refractivity contribution in [3.8, 4) is 17.2 Å². The Morgan fingerprint density at radius 1 is 1.18 bits per heavy atom. The number of para-hydroxylation sites is 1. The molecule has 0 aliphatic carbocycles. The maximum Gasteiger partial charge on any atom is 0.263 e. The lowest BCUT2D eigenvalue weighted by atomic mass is 10.2. The SMILES string of the molecule is COc1cc(C=C2SC(=S)NC2=O)cc(Cl)c1OCCOc1ccccc1C. The molecule has 5 nitrogen and oxygen atoms in total. The van der Waals surface area contributed by atoms with Crippen LogP contribution in [-0.4, -0.2) is 30.6 Å². The summed E-state index contributed by atoms with van der Waals surface area (Å²) in [6.45, 7) is 2.65. The third-order valence-electron chi connectivity index (χ3n) is 3.87. The number of benzene rings is 2. The summed E-state index contributed by atoms with van der Waals surface area (Å²) in [7, 11) is 1.53. The molecule has 1 amide bonds. The molecule has 2 aromatic rings. The molecular formula is C20H18ClNO4S2. The van der Waals surface area contributed by atoms with E-state index in [1.54, 1.807) is 18.2 Å². The van der Waals surface area contributed by atoms with Crippen molar-refractivity contribution in [2.24, 2.45) is 0 Å². The number of rotatable bonds is 7. The maximum atomic E-state index is 11.8. The minimum absolute atomic E-state index is 0.223. The van der Waals surface area contributed by atoms with Crippen LogP contribution in [0, 0.1) is 6.92 Å². The average molecular weight is 436 g/mol. The number of amides is 1. The Morgan fingerprint density at radius 3 is 2.61 bits per heavy atom. The number of thiocarbonyl (C=S) groups is 1. The first-order chi connectivity index (χ1) is 13.5. The molecule has 1 aliphatic rings. The molecule has 1 saturated heterocycles. The van der Waals surface area contributed by atoms with E-state index in [2.05, 4.69) is 5.32 Å². The predicted molar refractivity (Wildman–Crippen MR) is 116 cm³/mol. The number of hydrogen-bond donors (Lipinski definition) is 1. The Morgan fingerprint density at radius 2 is 1.93 bits per heavy atom. The summed E-state index contributed by atoms with van der Waals surface area (Å²) in [5.74, 6) is 1.50. The van der Waals surface area contributed by atoms with Crippen molar-refractivity contribution in [3.63, 3.8) is 0 Å². The molecule has 0 aromatic heterocycles. The number of thioether (sulfide) groups is 1. The topological polar surface area (TPSA) is 56.8 Å². The van der Waals surface area contributed by atoms with E-state index in [1.807, 2.05) is 31.2 Å². The molecule has 0 unspecified atom stereocenters. The van der Waals surface area contributed by atoms with Crippen LogP contribution in [-0.2, 0) is 4.79 Å². The first kappa shape index (κ1) is 20.5. The zero-order chi connectivity index (χ0) is 20.1. The van der Waals surface area contributed by atoms with Crippen LogP contribution in [0.25, 0.3) is 6.08 Å². The van der Waals surface area contributed by atoms with Gasteiger partial charge >= 0.3 is 0 Å². The van der Waals surface area contributed by atoms with Gasteiger partial charge in [-0.15, -0.1) is 0 Å². The summed E-state index contributed by atoms with van der Waals surface area (Å²) in [5, 5.41) is 2.96. The van der Waals surface area contributed by atoms with Crippen molar-refractivity contribution >= 4 is 51.9 Å². The molecule has 0 spiro atoms. The molecule has 1 heterocycles. The number of nitrogens with one attached hydrogen (secondary N) is 1. The highest BCUT2D eigenvalue weighted by atomic mass is 35.5. The molecule has 2 aromatic carbocycles. The molecule has 146 valence electrons. The Labute approximate surface area is 178 Å². The van der Waals surface area contributed by atoms with Crippen LogP contribution in [0.2, 0.25) is 5.02 Å². The van der Waals surface area contributed by atoms with Gasteiger partial charge in [-0.1, -0.05) is 53.8 Å². The number of halogens is 1. The fourth-order valence-corrected chi connectivity index (χ4v) is 3.87. The fraction of sp³-hybridized carbons (Fsp3) is 0.200. The molecule has 1 fully saturated rings. The van der Waals surface area contributed by atoms with Crippen molar-refractivity contribution in [1.29, 1.82) is 0 Å². The molecule has 1 N–H and O–H groups in total. The van der Waals surface area contributed by atoms with Gasteiger partial charge in [0.15, 0.2) is 11.5 Å². The van der Waals surface area contributed by atoms with E-state index in [-0.39, 0.29) is 5.91 Å². The second-order valence-corrected chi connectivity index (χ2v) is 7.97. The van der Waals surface area contributed by atoms with Gasteiger partial charge in [0, 0.05) is 0 Å². The summed E-state index contributed by atoms with van der Waals surface area (Å²) in [4.78, 5) is 12.3. The van der Waals surface area contributed by atoms with E-state index >= 15 is 0 Å². The second-order valence-electron chi connectivity index (χ2n) is 5.85. The molecule has 0 radical (unpaired) electrons. The van der Waals surface area contributed by atoms with Crippen LogP contribution in [0.3, 0.4) is 0 Å². The van der Waals surface area contributed by atoms with Crippen molar-refractivity contribution in [1.82, 2.24) is 5.32 Å². The molecule has 0 atom stereocenters. The van der Waals surface area contributed by atoms with Gasteiger partial charge in [0.2, 0.25) is 0 Å². The zero-order valence-electron chi connectivity index (χ0n) is 15.3. The zero-order valence-corrected chi connectivity index (χ0v) is 17.7. The summed E-state index contributed by atoms with van der Waals surface area (Å²) in [6.07, 6.45) is 1.71. The van der Waals surface area contributed by atoms with Gasteiger partial charge < -0.3 is 19.5 Å². The highest BCUT2D eigenvalue weighted by molar-refractivity contribution is 8.26. The van der Waals surface area contributed by atoms with Crippen LogP contribution >= 0.6 is 35.6 Å². The second kappa shape index (κ2) is 9.32. The molecular weight excluding hydrogens is 418 g/mol. The number of hydrogen-bond acceptors (Lipinski definition) is 6. The fourth-order valence-electron chi connectivity index (χ4n) is 2.55. The largest absolute Gasteiger partial charge is 0.493 e. The van der Waals surface area contributed by atoms with E-state index in [1.165, 1.54) is 18.9 Å². The van der Waals surface area contributed by atoms with Gasteiger partial charge in [-0.05, 0) is 42.3 Å². The van der Waals surface area contributed by atoms with Gasteiger partial charge in [0.1, 0.15) is 23.3 Å². The first-order valence-electron chi connectivity index (χ1n) is 8.41. The highest BCUT2D eigenvalue weighted by Crippen LogP contribution is 2.38. The van der Waals surface area contributed by atoms with Gasteiger partial charge in [0.05, 0.1) is 17.0 Å². The molecule has 3 rings (SSSR count). The third kappa shape index (κ3) is 4.98. The van der Waals surface area contributed by atoms with Gasteiger partial charge in [0.25, 0.3) is 5.91 Å². The summed E-state index contributed by atoms with van der Waals surface area (Å²) < 4.78 is 17.3. The van der Waals surface area contributed by atoms with E-state index in [0.717, 1.165) is 11.3 Å². The number of carbonyl (C=O) groups is 1. The molecule has 0 bridgehead atoms. The van der Waals surface area contributed by atoms with Crippen molar-refractivity contribution in [2.75, 3.05) is 20.3 Å². The summed E-state index contributed by atoms with van der Waals surface area (Å²) in [6, 6.07) is 11.2. The van der Waals surface area contributed by atoms with Crippen LogP contribution in [0.4, 0.5) is 0 Å². The van der Waals surface area contributed by atoms with Crippen LogP contribution in [0.1, 0.15) is 11.1 Å². The molecule has 1 aliphatic heterocycles. The standard InChI is InChI=1S/C20H18ClNO4S2/c1-12-5-3-4-6-15(12)25-7-8-26-18-14(21)9-13(10-16(18)24-2)11-17-19(23)22-20(27)28-17/h3-6,9-11H,7-8H2,1-2H3,(H,22,23,27). The van der Waals surface area contributed by atoms with Gasteiger partial charge in [-0.25, -0.2) is 0 Å². The highest BCUT2D eigenvalue weighted by Gasteiger charge is 2.22. The van der Waals surface area contributed by atoms with Gasteiger partial charge in [-0.3, -0.25) is 4.79 Å². The smallest absolute Gasteiger partial charge is 0.263 e. The Hall–Kier alpha value is -2.22. The Bertz CT molecular complexity index is 946. The van der Waals surface area contributed by atoms with E-state index in [9.17, 15) is 4.79 Å². The van der Waals surface area contributed by atoms with E-state index < -0.39 is 0 Å². The van der Waals surface area contributed by atoms with Crippen molar-refractivity contribution in [3.05, 3.63) is 57.5 Å². The lowest BCUT2D eigenvalue weighted by Gasteiger charge is -2.14. The minimum Gasteiger partial charge on any atom is -0.493 e. The molecule has 8 heteroatoms. The summed E-state index contributed by atoms with van der Waals surface area (Å²) in [5.41, 5.74) is 1.77. The third-order valence-corrected chi connectivity index (χ3v) is 5.32. The minimum atomic E-state index is -0.223. The van der Waals surface area contributed by atoms with Crippen LogP contribution < -0.4 is 19.5 Å². The van der Waals surface area contributed by atoms with Crippen molar-refractivity contribution < 1.29 is 19.0 Å².